The van der Waals surface area contributed by atoms with Crippen molar-refractivity contribution in [3.05, 3.63) is 137 Å². The van der Waals surface area contributed by atoms with Crippen LogP contribution < -0.4 is 10.2 Å². The lowest BCUT2D eigenvalue weighted by atomic mass is 10.1. The van der Waals surface area contributed by atoms with E-state index in [1.165, 1.54) is 12.1 Å². The van der Waals surface area contributed by atoms with Gasteiger partial charge in [-0.1, -0.05) is 66.7 Å². The van der Waals surface area contributed by atoms with Crippen LogP contribution >= 0.6 is 0 Å². The Labute approximate surface area is 225 Å². The number of nitro groups is 1. The molecule has 4 aromatic carbocycles. The fraction of sp³-hybridized carbons (Fsp3) is 0.0323. The molecule has 0 spiro atoms. The molecule has 0 aliphatic rings. The molecular formula is C31H24N4O4. The van der Waals surface area contributed by atoms with Crippen LogP contribution in [0.1, 0.15) is 15.9 Å². The van der Waals surface area contributed by atoms with Crippen LogP contribution in [0.15, 0.2) is 120 Å². The van der Waals surface area contributed by atoms with Crippen molar-refractivity contribution in [3.63, 3.8) is 0 Å². The number of non-ortho nitro benzene ring substituents is 1. The summed E-state index contributed by atoms with van der Waals surface area (Å²) in [7, 11) is 1.54. The highest BCUT2D eigenvalue weighted by atomic mass is 16.6. The standard InChI is InChI=1S/C31H24N4O4/c1-39-28-14-8-13-24(19-28)31(36)33-32-21-25-20-29(22-9-4-2-5-10-22)34(30(25)23-11-6-3-7-12-23)26-15-17-27(18-16-26)35(37)38/h2-21H,1H3,(H,33,36)/b32-21-. The molecule has 192 valence electrons. The molecule has 0 unspecified atom stereocenters. The van der Waals surface area contributed by atoms with Gasteiger partial charge in [0.2, 0.25) is 0 Å². The Hall–Kier alpha value is -5.50. The van der Waals surface area contributed by atoms with Gasteiger partial charge in [0, 0.05) is 28.9 Å². The number of ether oxygens (including phenoxy) is 1. The molecule has 0 atom stereocenters. The number of nitrogens with one attached hydrogen (secondary N) is 1. The molecular weight excluding hydrogens is 492 g/mol. The van der Waals surface area contributed by atoms with E-state index < -0.39 is 4.92 Å². The average Bonchev–Trinajstić information content (AvgIpc) is 3.37. The maximum atomic E-state index is 12.7. The Kier molecular flexibility index (Phi) is 7.27. The van der Waals surface area contributed by atoms with E-state index in [1.54, 1.807) is 49.7 Å². The van der Waals surface area contributed by atoms with E-state index in [1.807, 2.05) is 71.3 Å². The summed E-state index contributed by atoms with van der Waals surface area (Å²) in [5.74, 6) is 0.204. The maximum Gasteiger partial charge on any atom is 0.271 e. The molecule has 8 heteroatoms. The van der Waals surface area contributed by atoms with Gasteiger partial charge in [-0.3, -0.25) is 14.9 Å². The zero-order valence-corrected chi connectivity index (χ0v) is 21.0. The molecule has 0 aliphatic heterocycles. The SMILES string of the molecule is COc1cccc(C(=O)N/N=C\c2cc(-c3ccccc3)n(-c3ccc([N+](=O)[O-])cc3)c2-c2ccccc2)c1. The molecule has 1 N–H and O–H groups in total. The van der Waals surface area contributed by atoms with Gasteiger partial charge in [0.15, 0.2) is 0 Å². The van der Waals surface area contributed by atoms with Gasteiger partial charge in [0.25, 0.3) is 11.6 Å². The van der Waals surface area contributed by atoms with Gasteiger partial charge < -0.3 is 9.30 Å². The Bertz CT molecular complexity index is 1640. The van der Waals surface area contributed by atoms with Crippen LogP contribution in [0.5, 0.6) is 5.75 Å². The minimum Gasteiger partial charge on any atom is -0.497 e. The lowest BCUT2D eigenvalue weighted by Crippen LogP contribution is -2.17. The summed E-state index contributed by atoms with van der Waals surface area (Å²) in [6, 6.07) is 34.9. The number of carbonyl (C=O) groups excluding carboxylic acids is 1. The van der Waals surface area contributed by atoms with Crippen molar-refractivity contribution in [1.29, 1.82) is 0 Å². The smallest absolute Gasteiger partial charge is 0.271 e. The second-order valence-electron chi connectivity index (χ2n) is 8.61. The molecule has 0 bridgehead atoms. The van der Waals surface area contributed by atoms with E-state index >= 15 is 0 Å². The number of carbonyl (C=O) groups is 1. The Balaban J connectivity index is 1.62. The van der Waals surface area contributed by atoms with Gasteiger partial charge in [0.1, 0.15) is 5.75 Å². The number of rotatable bonds is 8. The number of nitro benzene ring substituents is 1. The molecule has 1 heterocycles. The number of methoxy groups -OCH3 is 1. The molecule has 5 aromatic rings. The summed E-state index contributed by atoms with van der Waals surface area (Å²) >= 11 is 0. The molecule has 5 rings (SSSR count). The minimum absolute atomic E-state index is 0.00969. The van der Waals surface area contributed by atoms with Crippen molar-refractivity contribution < 1.29 is 14.5 Å². The van der Waals surface area contributed by atoms with Crippen LogP contribution in [-0.4, -0.2) is 28.7 Å². The summed E-state index contributed by atoms with van der Waals surface area (Å²) < 4.78 is 7.25. The van der Waals surface area contributed by atoms with E-state index in [0.29, 0.717) is 11.3 Å². The molecule has 0 aliphatic carbocycles. The van der Waals surface area contributed by atoms with Crippen molar-refractivity contribution in [1.82, 2.24) is 9.99 Å². The van der Waals surface area contributed by atoms with Crippen LogP contribution in [0.2, 0.25) is 0 Å². The van der Waals surface area contributed by atoms with E-state index in [4.69, 9.17) is 4.74 Å². The zero-order valence-electron chi connectivity index (χ0n) is 21.0. The van der Waals surface area contributed by atoms with Crippen molar-refractivity contribution in [3.8, 4) is 34.0 Å². The number of hydrogen-bond donors (Lipinski definition) is 1. The third kappa shape index (κ3) is 5.45. The Morgan fingerprint density at radius 1 is 0.872 bits per heavy atom. The van der Waals surface area contributed by atoms with Crippen molar-refractivity contribution in [2.75, 3.05) is 7.11 Å². The normalized spacial score (nSPS) is 10.9. The molecule has 1 amide bonds. The number of amides is 1. The van der Waals surface area contributed by atoms with E-state index in [2.05, 4.69) is 10.5 Å². The molecule has 0 fully saturated rings. The predicted octanol–water partition coefficient (Wildman–Crippen LogP) is 6.49. The Morgan fingerprint density at radius 3 is 2.18 bits per heavy atom. The monoisotopic (exact) mass is 516 g/mol. The maximum absolute atomic E-state index is 12.7. The first-order valence-electron chi connectivity index (χ1n) is 12.1. The number of hydrazone groups is 1. The molecule has 1 aromatic heterocycles. The van der Waals surface area contributed by atoms with Crippen LogP contribution in [0.25, 0.3) is 28.2 Å². The summed E-state index contributed by atoms with van der Waals surface area (Å²) in [5.41, 5.74) is 8.08. The third-order valence-corrected chi connectivity index (χ3v) is 6.17. The average molecular weight is 517 g/mol. The fourth-order valence-corrected chi connectivity index (χ4v) is 4.32. The summed E-state index contributed by atoms with van der Waals surface area (Å²) in [5, 5.41) is 15.6. The van der Waals surface area contributed by atoms with E-state index in [9.17, 15) is 14.9 Å². The molecule has 0 saturated heterocycles. The molecule has 8 nitrogen and oxygen atoms in total. The van der Waals surface area contributed by atoms with E-state index in [-0.39, 0.29) is 11.6 Å². The predicted molar refractivity (Wildman–Crippen MR) is 151 cm³/mol. The van der Waals surface area contributed by atoms with Gasteiger partial charge in [-0.05, 0) is 47.5 Å². The topological polar surface area (TPSA) is 98.8 Å². The van der Waals surface area contributed by atoms with Gasteiger partial charge in [-0.25, -0.2) is 5.43 Å². The molecule has 39 heavy (non-hydrogen) atoms. The number of aromatic nitrogens is 1. The zero-order chi connectivity index (χ0) is 27.2. The van der Waals surface area contributed by atoms with E-state index in [0.717, 1.165) is 33.8 Å². The summed E-state index contributed by atoms with van der Waals surface area (Å²) in [4.78, 5) is 23.6. The Morgan fingerprint density at radius 2 is 1.54 bits per heavy atom. The largest absolute Gasteiger partial charge is 0.497 e. The molecule has 0 saturated carbocycles. The second kappa shape index (κ2) is 11.3. The van der Waals surface area contributed by atoms with Gasteiger partial charge in [0.05, 0.1) is 29.6 Å². The van der Waals surface area contributed by atoms with Crippen molar-refractivity contribution in [2.45, 2.75) is 0 Å². The number of hydrogen-bond acceptors (Lipinski definition) is 5. The second-order valence-corrected chi connectivity index (χ2v) is 8.61. The van der Waals surface area contributed by atoms with Crippen molar-refractivity contribution in [2.24, 2.45) is 5.10 Å². The highest BCUT2D eigenvalue weighted by Gasteiger charge is 2.19. The number of benzene rings is 4. The quantitative estimate of drug-likeness (QED) is 0.145. The first-order valence-corrected chi connectivity index (χ1v) is 12.1. The highest BCUT2D eigenvalue weighted by molar-refractivity contribution is 5.97. The van der Waals surface area contributed by atoms with Gasteiger partial charge >= 0.3 is 0 Å². The minimum atomic E-state index is -0.418. The highest BCUT2D eigenvalue weighted by Crippen LogP contribution is 2.35. The first-order chi connectivity index (χ1) is 19.0. The fourth-order valence-electron chi connectivity index (χ4n) is 4.32. The van der Waals surface area contributed by atoms with Crippen LogP contribution in [0.4, 0.5) is 5.69 Å². The summed E-state index contributed by atoms with van der Waals surface area (Å²) in [6.45, 7) is 0. The van der Waals surface area contributed by atoms with Gasteiger partial charge in [-0.15, -0.1) is 0 Å². The first kappa shape index (κ1) is 25.2. The van der Waals surface area contributed by atoms with Crippen LogP contribution in [0, 0.1) is 10.1 Å². The van der Waals surface area contributed by atoms with Gasteiger partial charge in [-0.2, -0.15) is 5.10 Å². The van der Waals surface area contributed by atoms with Crippen LogP contribution in [-0.2, 0) is 0 Å². The third-order valence-electron chi connectivity index (χ3n) is 6.17. The summed E-state index contributed by atoms with van der Waals surface area (Å²) in [6.07, 6.45) is 1.61. The van der Waals surface area contributed by atoms with Crippen LogP contribution in [0.3, 0.4) is 0 Å². The van der Waals surface area contributed by atoms with Crippen molar-refractivity contribution >= 4 is 17.8 Å². The lowest BCUT2D eigenvalue weighted by Gasteiger charge is -2.15. The molecule has 0 radical (unpaired) electrons. The number of nitrogens with zero attached hydrogens (tertiary/aromatic N) is 3. The lowest BCUT2D eigenvalue weighted by molar-refractivity contribution is -0.384.